The molecule has 1 atom stereocenters. The van der Waals surface area contributed by atoms with Crippen LogP contribution in [0.2, 0.25) is 0 Å². The summed E-state index contributed by atoms with van der Waals surface area (Å²) in [5.74, 6) is -0.186. The lowest BCUT2D eigenvalue weighted by Crippen LogP contribution is -2.49. The molecule has 6 heteroatoms. The lowest BCUT2D eigenvalue weighted by molar-refractivity contribution is -0.128. The fraction of sp³-hybridized carbons (Fsp3) is 0.286. The predicted molar refractivity (Wildman–Crippen MR) is 102 cm³/mol. The van der Waals surface area contributed by atoms with Crippen LogP contribution < -0.4 is 15.0 Å². The van der Waals surface area contributed by atoms with Crippen molar-refractivity contribution >= 4 is 23.3 Å². The molecule has 0 fully saturated rings. The molecule has 0 spiro atoms. The van der Waals surface area contributed by atoms with E-state index < -0.39 is 6.10 Å². The Kier molecular flexibility index (Phi) is 5.54. The van der Waals surface area contributed by atoms with Crippen LogP contribution in [0.25, 0.3) is 0 Å². The summed E-state index contributed by atoms with van der Waals surface area (Å²) in [6.45, 7) is 3.47. The highest BCUT2D eigenvalue weighted by Crippen LogP contribution is 2.34. The number of amides is 2. The molecule has 1 aliphatic heterocycles. The van der Waals surface area contributed by atoms with E-state index in [4.69, 9.17) is 4.74 Å². The number of Topliss-reactive ketones (excluding diaryl/α,β-unsaturated/α-hetero) is 1. The van der Waals surface area contributed by atoms with Crippen molar-refractivity contribution in [3.8, 4) is 5.75 Å². The van der Waals surface area contributed by atoms with E-state index in [1.807, 2.05) is 30.3 Å². The highest BCUT2D eigenvalue weighted by atomic mass is 16.5. The second-order valence-electron chi connectivity index (χ2n) is 6.51. The standard InChI is InChI=1S/C21H22N2O4/c1-14(24)17-8-9-19-18(12-17)23(21(26)15(2)27-19)13-20(25)22-11-10-16-6-4-3-5-7-16/h3-9,12,15H,10-11,13H2,1-2H3,(H,22,25). The van der Waals surface area contributed by atoms with Gasteiger partial charge in [0, 0.05) is 12.1 Å². The molecule has 3 rings (SSSR count). The SMILES string of the molecule is CC(=O)c1ccc2c(c1)N(CC(=O)NCCc1ccccc1)C(=O)C(C)O2. The average molecular weight is 366 g/mol. The first-order valence-corrected chi connectivity index (χ1v) is 8.89. The van der Waals surface area contributed by atoms with Gasteiger partial charge in [0.1, 0.15) is 12.3 Å². The number of nitrogens with one attached hydrogen (secondary N) is 1. The lowest BCUT2D eigenvalue weighted by atomic mass is 10.1. The van der Waals surface area contributed by atoms with Gasteiger partial charge in [-0.15, -0.1) is 0 Å². The van der Waals surface area contributed by atoms with Crippen molar-refractivity contribution in [1.29, 1.82) is 0 Å². The van der Waals surface area contributed by atoms with Crippen LogP contribution in [-0.4, -0.2) is 36.8 Å². The number of hydrogen-bond acceptors (Lipinski definition) is 4. The van der Waals surface area contributed by atoms with Gasteiger partial charge >= 0.3 is 0 Å². The molecule has 1 heterocycles. The van der Waals surface area contributed by atoms with Crippen LogP contribution in [-0.2, 0) is 16.0 Å². The van der Waals surface area contributed by atoms with Crippen molar-refractivity contribution in [2.75, 3.05) is 18.0 Å². The molecule has 2 amide bonds. The fourth-order valence-electron chi connectivity index (χ4n) is 2.98. The Morgan fingerprint density at radius 2 is 1.89 bits per heavy atom. The summed E-state index contributed by atoms with van der Waals surface area (Å²) in [4.78, 5) is 37.9. The van der Waals surface area contributed by atoms with Gasteiger partial charge in [0.2, 0.25) is 5.91 Å². The summed E-state index contributed by atoms with van der Waals surface area (Å²) in [7, 11) is 0. The maximum Gasteiger partial charge on any atom is 0.268 e. The van der Waals surface area contributed by atoms with Crippen molar-refractivity contribution in [2.45, 2.75) is 26.4 Å². The number of carbonyl (C=O) groups is 3. The van der Waals surface area contributed by atoms with E-state index in [1.54, 1.807) is 25.1 Å². The van der Waals surface area contributed by atoms with Crippen LogP contribution >= 0.6 is 0 Å². The largest absolute Gasteiger partial charge is 0.479 e. The van der Waals surface area contributed by atoms with Crippen molar-refractivity contribution in [2.24, 2.45) is 0 Å². The van der Waals surface area contributed by atoms with Crippen LogP contribution in [0, 0.1) is 0 Å². The number of anilines is 1. The molecule has 1 unspecified atom stereocenters. The van der Waals surface area contributed by atoms with Gasteiger partial charge in [-0.05, 0) is 44.0 Å². The van der Waals surface area contributed by atoms with Crippen LogP contribution in [0.4, 0.5) is 5.69 Å². The highest BCUT2D eigenvalue weighted by molar-refractivity contribution is 6.05. The molecule has 0 saturated heterocycles. The third-order valence-corrected chi connectivity index (χ3v) is 4.45. The Bertz CT molecular complexity index is 864. The first-order valence-electron chi connectivity index (χ1n) is 8.89. The predicted octanol–water partition coefficient (Wildman–Crippen LogP) is 2.36. The molecule has 2 aromatic carbocycles. The Labute approximate surface area is 158 Å². The normalized spacial score (nSPS) is 15.7. The third-order valence-electron chi connectivity index (χ3n) is 4.45. The van der Waals surface area contributed by atoms with Gasteiger partial charge in [0.15, 0.2) is 11.9 Å². The van der Waals surface area contributed by atoms with E-state index >= 15 is 0 Å². The number of hydrogen-bond donors (Lipinski definition) is 1. The number of benzene rings is 2. The Morgan fingerprint density at radius 1 is 1.15 bits per heavy atom. The van der Waals surface area contributed by atoms with Crippen LogP contribution in [0.5, 0.6) is 5.75 Å². The van der Waals surface area contributed by atoms with Crippen LogP contribution in [0.15, 0.2) is 48.5 Å². The number of fused-ring (bicyclic) bond motifs is 1. The van der Waals surface area contributed by atoms with E-state index in [0.29, 0.717) is 30.0 Å². The van der Waals surface area contributed by atoms with Gasteiger partial charge < -0.3 is 10.1 Å². The molecule has 1 N–H and O–H groups in total. The van der Waals surface area contributed by atoms with Gasteiger partial charge in [-0.1, -0.05) is 30.3 Å². The molecular formula is C21H22N2O4. The molecular weight excluding hydrogens is 344 g/mol. The van der Waals surface area contributed by atoms with Crippen molar-refractivity contribution in [3.63, 3.8) is 0 Å². The maximum atomic E-state index is 12.5. The fourth-order valence-corrected chi connectivity index (χ4v) is 2.98. The van der Waals surface area contributed by atoms with Gasteiger partial charge in [-0.3, -0.25) is 19.3 Å². The molecule has 6 nitrogen and oxygen atoms in total. The average Bonchev–Trinajstić information content (AvgIpc) is 2.66. The lowest BCUT2D eigenvalue weighted by Gasteiger charge is -2.32. The quantitative estimate of drug-likeness (QED) is 0.797. The smallest absolute Gasteiger partial charge is 0.268 e. The van der Waals surface area contributed by atoms with E-state index in [1.165, 1.54) is 11.8 Å². The minimum Gasteiger partial charge on any atom is -0.479 e. The molecule has 0 saturated carbocycles. The second kappa shape index (κ2) is 8.03. The van der Waals surface area contributed by atoms with Crippen molar-refractivity contribution in [3.05, 3.63) is 59.7 Å². The Balaban J connectivity index is 1.69. The van der Waals surface area contributed by atoms with Crippen LogP contribution in [0.3, 0.4) is 0 Å². The van der Waals surface area contributed by atoms with Gasteiger partial charge in [-0.25, -0.2) is 0 Å². The summed E-state index contributed by atoms with van der Waals surface area (Å²) < 4.78 is 5.60. The van der Waals surface area contributed by atoms with Crippen molar-refractivity contribution < 1.29 is 19.1 Å². The van der Waals surface area contributed by atoms with Crippen LogP contribution in [0.1, 0.15) is 29.8 Å². The van der Waals surface area contributed by atoms with Crippen molar-refractivity contribution in [1.82, 2.24) is 5.32 Å². The first-order chi connectivity index (χ1) is 13.0. The molecule has 140 valence electrons. The molecule has 2 aromatic rings. The van der Waals surface area contributed by atoms with E-state index in [9.17, 15) is 14.4 Å². The minimum absolute atomic E-state index is 0.115. The molecule has 0 bridgehead atoms. The summed E-state index contributed by atoms with van der Waals surface area (Å²) >= 11 is 0. The monoisotopic (exact) mass is 366 g/mol. The molecule has 0 aliphatic carbocycles. The molecule has 1 aliphatic rings. The zero-order chi connectivity index (χ0) is 19.4. The Morgan fingerprint density at radius 3 is 2.59 bits per heavy atom. The summed E-state index contributed by atoms with van der Waals surface area (Å²) in [6.07, 6.45) is 0.0308. The number of rotatable bonds is 6. The first kappa shape index (κ1) is 18.6. The number of ketones is 1. The third kappa shape index (κ3) is 4.34. The summed E-state index contributed by atoms with van der Waals surface area (Å²) in [6, 6.07) is 14.8. The van der Waals surface area contributed by atoms with Gasteiger partial charge in [-0.2, -0.15) is 0 Å². The number of carbonyl (C=O) groups excluding carboxylic acids is 3. The van der Waals surface area contributed by atoms with E-state index in [-0.39, 0.29) is 24.1 Å². The highest BCUT2D eigenvalue weighted by Gasteiger charge is 2.33. The zero-order valence-electron chi connectivity index (χ0n) is 15.4. The van der Waals surface area contributed by atoms with E-state index in [2.05, 4.69) is 5.32 Å². The molecule has 0 aromatic heterocycles. The topological polar surface area (TPSA) is 75.7 Å². The van der Waals surface area contributed by atoms with E-state index in [0.717, 1.165) is 5.56 Å². The number of ether oxygens (including phenoxy) is 1. The Hall–Kier alpha value is -3.15. The minimum atomic E-state index is -0.683. The number of nitrogens with zero attached hydrogens (tertiary/aromatic N) is 1. The molecule has 27 heavy (non-hydrogen) atoms. The zero-order valence-corrected chi connectivity index (χ0v) is 15.4. The van der Waals surface area contributed by atoms with Gasteiger partial charge in [0.25, 0.3) is 5.91 Å². The summed E-state index contributed by atoms with van der Waals surface area (Å²) in [5, 5.41) is 2.84. The summed E-state index contributed by atoms with van der Waals surface area (Å²) in [5.41, 5.74) is 2.04. The van der Waals surface area contributed by atoms with Gasteiger partial charge in [0.05, 0.1) is 5.69 Å². The molecule has 0 radical (unpaired) electrons. The second-order valence-corrected chi connectivity index (χ2v) is 6.51. The maximum absolute atomic E-state index is 12.5.